The molecule has 0 unspecified atom stereocenters. The molecule has 0 fully saturated rings. The number of para-hydroxylation sites is 2. The van der Waals surface area contributed by atoms with E-state index in [2.05, 4.69) is 196 Å². The monoisotopic (exact) mass is 639 g/mol. The highest BCUT2D eigenvalue weighted by Crippen LogP contribution is 2.44. The van der Waals surface area contributed by atoms with Gasteiger partial charge in [0.05, 0.1) is 16.7 Å². The Kier molecular flexibility index (Phi) is 7.49. The molecule has 0 saturated heterocycles. The van der Waals surface area contributed by atoms with Gasteiger partial charge in [-0.2, -0.15) is 0 Å². The van der Waals surface area contributed by atoms with E-state index in [1.807, 2.05) is 18.5 Å². The summed E-state index contributed by atoms with van der Waals surface area (Å²) in [4.78, 5) is 6.75. The molecule has 0 atom stereocenters. The topological polar surface area (TPSA) is 21.1 Å². The lowest BCUT2D eigenvalue weighted by Gasteiger charge is -2.26. The first kappa shape index (κ1) is 29.4. The van der Waals surface area contributed by atoms with E-state index in [1.165, 1.54) is 38.5 Å². The maximum Gasteiger partial charge on any atom is 0.0562 e. The molecule has 0 aliphatic heterocycles. The number of aromatic nitrogens is 2. The third-order valence-electron chi connectivity index (χ3n) is 9.48. The molecular weight excluding hydrogens is 607 g/mol. The van der Waals surface area contributed by atoms with Gasteiger partial charge in [-0.15, -0.1) is 0 Å². The number of hydrogen-bond acceptors (Lipinski definition) is 2. The van der Waals surface area contributed by atoms with Crippen LogP contribution in [-0.2, 0) is 0 Å². The highest BCUT2D eigenvalue weighted by molar-refractivity contribution is 6.16. The largest absolute Gasteiger partial charge is 0.310 e. The first-order valence-electron chi connectivity index (χ1n) is 17.0. The van der Waals surface area contributed by atoms with Crippen LogP contribution in [0, 0.1) is 0 Å². The summed E-state index contributed by atoms with van der Waals surface area (Å²) in [6, 6.07) is 67.2. The zero-order valence-corrected chi connectivity index (χ0v) is 27.4. The fourth-order valence-electron chi connectivity index (χ4n) is 7.12. The molecule has 50 heavy (non-hydrogen) atoms. The molecule has 2 aromatic heterocycles. The molecule has 0 aliphatic rings. The summed E-state index contributed by atoms with van der Waals surface area (Å²) in [7, 11) is 0. The van der Waals surface area contributed by atoms with Gasteiger partial charge in [0.1, 0.15) is 0 Å². The van der Waals surface area contributed by atoms with Crippen LogP contribution < -0.4 is 4.90 Å². The van der Waals surface area contributed by atoms with E-state index < -0.39 is 0 Å². The molecule has 7 aromatic carbocycles. The molecular formula is C47H33N3. The Morgan fingerprint density at radius 2 is 0.960 bits per heavy atom. The number of pyridine rings is 1. The van der Waals surface area contributed by atoms with Crippen molar-refractivity contribution in [3.05, 3.63) is 200 Å². The predicted octanol–water partition coefficient (Wildman–Crippen LogP) is 12.6. The molecule has 3 heteroatoms. The van der Waals surface area contributed by atoms with Gasteiger partial charge in [0.15, 0.2) is 0 Å². The smallest absolute Gasteiger partial charge is 0.0562 e. The molecule has 9 aromatic rings. The van der Waals surface area contributed by atoms with Crippen LogP contribution >= 0.6 is 0 Å². The Balaban J connectivity index is 1.17. The van der Waals surface area contributed by atoms with Gasteiger partial charge in [0, 0.05) is 45.8 Å². The van der Waals surface area contributed by atoms with Crippen LogP contribution in [0.15, 0.2) is 200 Å². The number of benzene rings is 7. The van der Waals surface area contributed by atoms with Gasteiger partial charge in [-0.1, -0.05) is 127 Å². The van der Waals surface area contributed by atoms with Gasteiger partial charge < -0.3 is 9.47 Å². The van der Waals surface area contributed by atoms with Crippen LogP contribution in [-0.4, -0.2) is 9.55 Å². The Morgan fingerprint density at radius 3 is 1.68 bits per heavy atom. The first-order chi connectivity index (χ1) is 24.8. The molecule has 3 nitrogen and oxygen atoms in total. The van der Waals surface area contributed by atoms with Crippen LogP contribution in [0.5, 0.6) is 0 Å². The average Bonchev–Trinajstić information content (AvgIpc) is 3.55. The molecule has 0 spiro atoms. The van der Waals surface area contributed by atoms with Crippen molar-refractivity contribution < 1.29 is 0 Å². The zero-order valence-electron chi connectivity index (χ0n) is 27.4. The quantitative estimate of drug-likeness (QED) is 0.173. The zero-order chi connectivity index (χ0) is 33.3. The number of rotatable bonds is 7. The SMILES string of the molecule is c1ccc(-c2ccc(-c3ccc(N(c4ccccc4)c4cccc5c4c4ccccc4n5-c4cccc(-c5cccnc5)c4)cc3)cc2)cc1. The van der Waals surface area contributed by atoms with Crippen molar-refractivity contribution in [2.45, 2.75) is 0 Å². The van der Waals surface area contributed by atoms with Crippen molar-refractivity contribution in [3.8, 4) is 39.1 Å². The van der Waals surface area contributed by atoms with Gasteiger partial charge in [-0.05, 0) is 88.5 Å². The maximum atomic E-state index is 4.37. The van der Waals surface area contributed by atoms with Crippen molar-refractivity contribution in [1.82, 2.24) is 9.55 Å². The summed E-state index contributed by atoms with van der Waals surface area (Å²) in [5.41, 5.74) is 13.8. The third-order valence-corrected chi connectivity index (χ3v) is 9.48. The van der Waals surface area contributed by atoms with Crippen molar-refractivity contribution in [3.63, 3.8) is 0 Å². The highest BCUT2D eigenvalue weighted by Gasteiger charge is 2.21. The molecule has 0 aliphatic carbocycles. The molecule has 0 amide bonds. The lowest BCUT2D eigenvalue weighted by atomic mass is 10.00. The lowest BCUT2D eigenvalue weighted by molar-refractivity contribution is 1.18. The second-order valence-corrected chi connectivity index (χ2v) is 12.5. The molecule has 236 valence electrons. The first-order valence-corrected chi connectivity index (χ1v) is 17.0. The Morgan fingerprint density at radius 1 is 0.400 bits per heavy atom. The Hall–Kier alpha value is -6.71. The summed E-state index contributed by atoms with van der Waals surface area (Å²) in [5, 5.41) is 2.42. The van der Waals surface area contributed by atoms with E-state index in [1.54, 1.807) is 0 Å². The van der Waals surface area contributed by atoms with Gasteiger partial charge in [-0.25, -0.2) is 0 Å². The van der Waals surface area contributed by atoms with E-state index in [0.29, 0.717) is 0 Å². The van der Waals surface area contributed by atoms with Crippen molar-refractivity contribution in [1.29, 1.82) is 0 Å². The molecule has 9 rings (SSSR count). The summed E-state index contributed by atoms with van der Waals surface area (Å²) < 4.78 is 2.39. The van der Waals surface area contributed by atoms with Crippen molar-refractivity contribution in [2.75, 3.05) is 4.90 Å². The summed E-state index contributed by atoms with van der Waals surface area (Å²) >= 11 is 0. The average molecular weight is 640 g/mol. The van der Waals surface area contributed by atoms with Gasteiger partial charge >= 0.3 is 0 Å². The summed E-state index contributed by atoms with van der Waals surface area (Å²) in [6.07, 6.45) is 3.74. The molecule has 2 heterocycles. The predicted molar refractivity (Wildman–Crippen MR) is 210 cm³/mol. The molecule has 0 bridgehead atoms. The summed E-state index contributed by atoms with van der Waals surface area (Å²) in [6.45, 7) is 0. The van der Waals surface area contributed by atoms with Gasteiger partial charge in [0.25, 0.3) is 0 Å². The van der Waals surface area contributed by atoms with Crippen LogP contribution in [0.2, 0.25) is 0 Å². The van der Waals surface area contributed by atoms with Crippen LogP contribution in [0.4, 0.5) is 17.1 Å². The van der Waals surface area contributed by atoms with E-state index in [4.69, 9.17) is 0 Å². The minimum absolute atomic E-state index is 1.10. The molecule has 0 N–H and O–H groups in total. The molecule has 0 radical (unpaired) electrons. The standard InChI is InChI=1S/C47H33N3/c1-3-12-34(13-4-1)35-23-25-36(26-24-35)37-27-29-41(30-28-37)49(40-16-5-2-6-17-40)45-21-10-22-46-47(45)43-19-7-8-20-44(43)50(46)42-18-9-14-38(32-42)39-15-11-31-48-33-39/h1-33H. The Labute approximate surface area is 292 Å². The van der Waals surface area contributed by atoms with Crippen LogP contribution in [0.1, 0.15) is 0 Å². The second kappa shape index (κ2) is 12.7. The minimum Gasteiger partial charge on any atom is -0.310 e. The van der Waals surface area contributed by atoms with E-state index in [0.717, 1.165) is 39.4 Å². The number of hydrogen-bond donors (Lipinski definition) is 0. The normalized spacial score (nSPS) is 11.2. The maximum absolute atomic E-state index is 4.37. The molecule has 0 saturated carbocycles. The van der Waals surface area contributed by atoms with E-state index in [9.17, 15) is 0 Å². The van der Waals surface area contributed by atoms with E-state index >= 15 is 0 Å². The van der Waals surface area contributed by atoms with Gasteiger partial charge in [0.2, 0.25) is 0 Å². The number of anilines is 3. The van der Waals surface area contributed by atoms with Crippen molar-refractivity contribution in [2.24, 2.45) is 0 Å². The minimum atomic E-state index is 1.10. The van der Waals surface area contributed by atoms with Crippen LogP contribution in [0.25, 0.3) is 60.9 Å². The fraction of sp³-hybridized carbons (Fsp3) is 0. The number of fused-ring (bicyclic) bond motifs is 3. The fourth-order valence-corrected chi connectivity index (χ4v) is 7.12. The number of nitrogens with zero attached hydrogens (tertiary/aromatic N) is 3. The second-order valence-electron chi connectivity index (χ2n) is 12.5. The van der Waals surface area contributed by atoms with Gasteiger partial charge in [-0.3, -0.25) is 4.98 Å². The summed E-state index contributed by atoms with van der Waals surface area (Å²) in [5.74, 6) is 0. The highest BCUT2D eigenvalue weighted by atomic mass is 15.1. The van der Waals surface area contributed by atoms with E-state index in [-0.39, 0.29) is 0 Å². The van der Waals surface area contributed by atoms with Crippen LogP contribution in [0.3, 0.4) is 0 Å². The lowest BCUT2D eigenvalue weighted by Crippen LogP contribution is -2.10. The van der Waals surface area contributed by atoms with Crippen molar-refractivity contribution >= 4 is 38.9 Å². The third kappa shape index (κ3) is 5.32. The Bertz CT molecular complexity index is 2550.